The second-order valence-electron chi connectivity index (χ2n) is 1.89. The minimum Gasteiger partial charge on any atom is -0.276 e. The lowest BCUT2D eigenvalue weighted by Gasteiger charge is -1.99. The van der Waals surface area contributed by atoms with E-state index in [1.165, 1.54) is 18.2 Å². The first-order chi connectivity index (χ1) is 5.59. The summed E-state index contributed by atoms with van der Waals surface area (Å²) >= 11 is 11.1. The second kappa shape index (κ2) is 3.60. The molecule has 1 rings (SSSR count). The van der Waals surface area contributed by atoms with Gasteiger partial charge in [-0.3, -0.25) is 4.84 Å². The van der Waals surface area contributed by atoms with Crippen molar-refractivity contribution in [3.05, 3.63) is 38.4 Å². The van der Waals surface area contributed by atoms with Crippen molar-refractivity contribution in [1.82, 2.24) is 0 Å². The minimum absolute atomic E-state index is 0.0504. The molecule has 0 heterocycles. The summed E-state index contributed by atoms with van der Waals surface area (Å²) in [5.74, 6) is 0.0504. The number of hydrogen-bond donors (Lipinski definition) is 0. The Morgan fingerprint density at radius 3 is 2.50 bits per heavy atom. The Balaban J connectivity index is 2.89. The van der Waals surface area contributed by atoms with Crippen LogP contribution in [0.4, 0.5) is 0 Å². The number of halogens is 2. The van der Waals surface area contributed by atoms with Crippen molar-refractivity contribution < 1.29 is 9.92 Å². The van der Waals surface area contributed by atoms with Gasteiger partial charge in [-0.25, -0.2) is 0 Å². The largest absolute Gasteiger partial charge is 0.299 e. The van der Waals surface area contributed by atoms with Gasteiger partial charge in [0.25, 0.3) is 5.09 Å². The smallest absolute Gasteiger partial charge is 0.276 e. The molecule has 0 amide bonds. The molecule has 1 aromatic rings. The van der Waals surface area contributed by atoms with Crippen LogP contribution < -0.4 is 4.84 Å². The van der Waals surface area contributed by atoms with Gasteiger partial charge in [0.1, 0.15) is 5.75 Å². The first-order valence-electron chi connectivity index (χ1n) is 2.87. The van der Waals surface area contributed by atoms with Gasteiger partial charge in [0, 0.05) is 0 Å². The van der Waals surface area contributed by atoms with E-state index in [2.05, 4.69) is 4.84 Å². The normalized spacial score (nSPS) is 9.50. The van der Waals surface area contributed by atoms with Gasteiger partial charge in [0.15, 0.2) is 0 Å². The molecule has 64 valence electrons. The van der Waals surface area contributed by atoms with Crippen LogP contribution >= 0.6 is 23.2 Å². The molecule has 0 saturated carbocycles. The van der Waals surface area contributed by atoms with Crippen molar-refractivity contribution in [3.8, 4) is 5.75 Å². The minimum atomic E-state index is -0.917. The second-order valence-corrected chi connectivity index (χ2v) is 2.71. The monoisotopic (exact) mass is 207 g/mol. The molecule has 0 aromatic heterocycles. The number of rotatable bonds is 2. The van der Waals surface area contributed by atoms with Gasteiger partial charge in [-0.15, -0.1) is 10.1 Å². The molecule has 12 heavy (non-hydrogen) atoms. The molecule has 0 radical (unpaired) electrons. The van der Waals surface area contributed by atoms with Crippen molar-refractivity contribution in [2.24, 2.45) is 0 Å². The molecule has 1 aromatic carbocycles. The van der Waals surface area contributed by atoms with E-state index in [0.29, 0.717) is 5.02 Å². The van der Waals surface area contributed by atoms with Crippen LogP contribution in [0, 0.1) is 10.1 Å². The maximum atomic E-state index is 9.87. The molecule has 0 saturated heterocycles. The lowest BCUT2D eigenvalue weighted by molar-refractivity contribution is -0.711. The van der Waals surface area contributed by atoms with E-state index in [9.17, 15) is 10.1 Å². The fourth-order valence-electron chi connectivity index (χ4n) is 0.620. The lowest BCUT2D eigenvalue weighted by Crippen LogP contribution is -2.02. The van der Waals surface area contributed by atoms with Crippen LogP contribution in [0.2, 0.25) is 10.0 Å². The van der Waals surface area contributed by atoms with Crippen molar-refractivity contribution >= 4 is 23.2 Å². The van der Waals surface area contributed by atoms with Crippen LogP contribution in [0.5, 0.6) is 5.75 Å². The standard InChI is InChI=1S/C6H3Cl2NO3/c7-5-2-1-4(3-6(5)8)12-9(10)11/h1-3H. The third kappa shape index (κ3) is 2.25. The average Bonchev–Trinajstić information content (AvgIpc) is 1.96. The van der Waals surface area contributed by atoms with Gasteiger partial charge in [-0.2, -0.15) is 0 Å². The van der Waals surface area contributed by atoms with Gasteiger partial charge in [0.05, 0.1) is 10.0 Å². The maximum Gasteiger partial charge on any atom is 0.299 e. The highest BCUT2D eigenvalue weighted by atomic mass is 35.5. The van der Waals surface area contributed by atoms with Crippen LogP contribution in [0.15, 0.2) is 18.2 Å². The summed E-state index contributed by atoms with van der Waals surface area (Å²) in [7, 11) is 0. The Bertz CT molecular complexity index is 316. The molecule has 0 aliphatic heterocycles. The molecule has 0 atom stereocenters. The molecule has 0 N–H and O–H groups in total. The molecule has 0 aliphatic rings. The molecular formula is C6H3Cl2NO3. The SMILES string of the molecule is O=[N+]([O-])Oc1ccc(Cl)c(Cl)c1. The molecule has 4 nitrogen and oxygen atoms in total. The van der Waals surface area contributed by atoms with Crippen molar-refractivity contribution in [3.63, 3.8) is 0 Å². The molecule has 0 spiro atoms. The zero-order chi connectivity index (χ0) is 9.14. The maximum absolute atomic E-state index is 9.87. The zero-order valence-corrected chi connectivity index (χ0v) is 7.17. The van der Waals surface area contributed by atoms with Gasteiger partial charge >= 0.3 is 0 Å². The first kappa shape index (κ1) is 9.09. The summed E-state index contributed by atoms with van der Waals surface area (Å²) in [6.45, 7) is 0. The number of benzene rings is 1. The molecule has 0 unspecified atom stereocenters. The predicted molar refractivity (Wildman–Crippen MR) is 44.1 cm³/mol. The van der Waals surface area contributed by atoms with Crippen molar-refractivity contribution in [1.29, 1.82) is 0 Å². The summed E-state index contributed by atoms with van der Waals surface area (Å²) in [5, 5.41) is 9.50. The highest BCUT2D eigenvalue weighted by Gasteiger charge is 2.02. The molecule has 0 aliphatic carbocycles. The van der Waals surface area contributed by atoms with Crippen LogP contribution in [-0.4, -0.2) is 5.09 Å². The van der Waals surface area contributed by atoms with Crippen LogP contribution in [0.1, 0.15) is 0 Å². The Labute approximate surface area is 77.8 Å². The molecule has 0 fully saturated rings. The van der Waals surface area contributed by atoms with Gasteiger partial charge in [-0.1, -0.05) is 23.2 Å². The van der Waals surface area contributed by atoms with Crippen molar-refractivity contribution in [2.45, 2.75) is 0 Å². The van der Waals surface area contributed by atoms with Gasteiger partial charge in [0.2, 0.25) is 0 Å². The Hall–Kier alpha value is -1.000. The Kier molecular flexibility index (Phi) is 2.73. The summed E-state index contributed by atoms with van der Waals surface area (Å²) in [6, 6.07) is 4.05. The van der Waals surface area contributed by atoms with E-state index in [-0.39, 0.29) is 10.8 Å². The number of hydrogen-bond acceptors (Lipinski definition) is 3. The van der Waals surface area contributed by atoms with E-state index in [1.807, 2.05) is 0 Å². The van der Waals surface area contributed by atoms with E-state index >= 15 is 0 Å². The summed E-state index contributed by atoms with van der Waals surface area (Å²) < 4.78 is 0. The van der Waals surface area contributed by atoms with Gasteiger partial charge < -0.3 is 0 Å². The van der Waals surface area contributed by atoms with Gasteiger partial charge in [-0.05, 0) is 18.2 Å². The van der Waals surface area contributed by atoms with Crippen LogP contribution in [0.25, 0.3) is 0 Å². The topological polar surface area (TPSA) is 52.4 Å². The van der Waals surface area contributed by atoms with Crippen LogP contribution in [-0.2, 0) is 0 Å². The van der Waals surface area contributed by atoms with E-state index < -0.39 is 5.09 Å². The van der Waals surface area contributed by atoms with Crippen molar-refractivity contribution in [2.75, 3.05) is 0 Å². The van der Waals surface area contributed by atoms with E-state index in [0.717, 1.165) is 0 Å². The highest BCUT2D eigenvalue weighted by Crippen LogP contribution is 2.26. The zero-order valence-electron chi connectivity index (χ0n) is 5.66. The van der Waals surface area contributed by atoms with E-state index in [1.54, 1.807) is 0 Å². The summed E-state index contributed by atoms with van der Waals surface area (Å²) in [5.41, 5.74) is 0. The molecule has 0 bridgehead atoms. The predicted octanol–water partition coefficient (Wildman–Crippen LogP) is 2.56. The number of nitrogens with zero attached hydrogens (tertiary/aromatic N) is 1. The van der Waals surface area contributed by atoms with Crippen LogP contribution in [0.3, 0.4) is 0 Å². The first-order valence-corrected chi connectivity index (χ1v) is 3.62. The highest BCUT2D eigenvalue weighted by molar-refractivity contribution is 6.42. The quantitative estimate of drug-likeness (QED) is 0.554. The average molecular weight is 208 g/mol. The molecule has 6 heteroatoms. The lowest BCUT2D eigenvalue weighted by atomic mass is 10.3. The Morgan fingerprint density at radius 2 is 2.00 bits per heavy atom. The molecular weight excluding hydrogens is 205 g/mol. The fourth-order valence-corrected chi connectivity index (χ4v) is 0.908. The third-order valence-corrected chi connectivity index (χ3v) is 1.81. The summed E-state index contributed by atoms with van der Waals surface area (Å²) in [6.07, 6.45) is 0. The fraction of sp³-hybridized carbons (Fsp3) is 0. The summed E-state index contributed by atoms with van der Waals surface area (Å²) in [4.78, 5) is 14.0. The Morgan fingerprint density at radius 1 is 1.33 bits per heavy atom. The third-order valence-electron chi connectivity index (χ3n) is 1.07. The van der Waals surface area contributed by atoms with E-state index in [4.69, 9.17) is 23.2 Å².